The van der Waals surface area contributed by atoms with E-state index in [9.17, 15) is 14.7 Å². The third kappa shape index (κ3) is 4.00. The van der Waals surface area contributed by atoms with Gasteiger partial charge in [-0.3, -0.25) is 4.79 Å². The molecule has 1 aromatic carbocycles. The molecule has 1 aromatic heterocycles. The zero-order chi connectivity index (χ0) is 18.7. The number of nitrogens with two attached hydrogens (primary N) is 1. The number of anilines is 1. The molecule has 1 heterocycles. The van der Waals surface area contributed by atoms with Gasteiger partial charge in [-0.25, -0.2) is 4.79 Å². The zero-order valence-electron chi connectivity index (χ0n) is 14.3. The van der Waals surface area contributed by atoms with E-state index in [1.165, 1.54) is 6.20 Å². The van der Waals surface area contributed by atoms with Crippen molar-refractivity contribution in [1.29, 1.82) is 0 Å². The minimum Gasteiger partial charge on any atom is -0.477 e. The van der Waals surface area contributed by atoms with Gasteiger partial charge in [-0.1, -0.05) is 11.6 Å². The van der Waals surface area contributed by atoms with Crippen molar-refractivity contribution in [3.63, 3.8) is 0 Å². The van der Waals surface area contributed by atoms with Gasteiger partial charge in [0.15, 0.2) is 0 Å². The number of nitrogens with one attached hydrogen (secondary N) is 1. The number of carboxylic acids is 1. The Morgan fingerprint density at radius 2 is 2.15 bits per heavy atom. The van der Waals surface area contributed by atoms with Gasteiger partial charge in [0.2, 0.25) is 5.43 Å². The summed E-state index contributed by atoms with van der Waals surface area (Å²) in [6.45, 7) is 2.18. The van der Waals surface area contributed by atoms with E-state index in [0.717, 1.165) is 19.3 Å². The summed E-state index contributed by atoms with van der Waals surface area (Å²) in [5.41, 5.74) is 5.94. The fourth-order valence-corrected chi connectivity index (χ4v) is 3.08. The largest absolute Gasteiger partial charge is 0.477 e. The fourth-order valence-electron chi connectivity index (χ4n) is 2.86. The molecule has 8 heteroatoms. The van der Waals surface area contributed by atoms with Crippen LogP contribution >= 0.6 is 11.6 Å². The molecule has 4 N–H and O–H groups in total. The standard InChI is InChI=1S/C18H22ClN3O4/c19-14-9-16-12(8-15(14)21-5-7-26-6-1-4-20)17(23)13(18(24)25)10-22(16)11-2-3-11/h8-11,21H,1-7,20H2,(H,24,25). The van der Waals surface area contributed by atoms with Crippen molar-refractivity contribution >= 4 is 34.2 Å². The van der Waals surface area contributed by atoms with Gasteiger partial charge >= 0.3 is 5.97 Å². The molecule has 0 aliphatic heterocycles. The summed E-state index contributed by atoms with van der Waals surface area (Å²) in [5, 5.41) is 13.3. The molecule has 1 aliphatic carbocycles. The average molecular weight is 380 g/mol. The van der Waals surface area contributed by atoms with Crippen LogP contribution in [0.4, 0.5) is 5.69 Å². The van der Waals surface area contributed by atoms with Crippen LogP contribution in [0.2, 0.25) is 5.02 Å². The van der Waals surface area contributed by atoms with E-state index in [0.29, 0.717) is 47.9 Å². The summed E-state index contributed by atoms with van der Waals surface area (Å²) in [6, 6.07) is 3.58. The first-order chi connectivity index (χ1) is 12.5. The van der Waals surface area contributed by atoms with E-state index in [4.69, 9.17) is 22.1 Å². The lowest BCUT2D eigenvalue weighted by Crippen LogP contribution is -2.19. The Hall–Kier alpha value is -2.09. The van der Waals surface area contributed by atoms with Crippen molar-refractivity contribution in [3.05, 3.63) is 39.1 Å². The lowest BCUT2D eigenvalue weighted by Gasteiger charge is -2.15. The number of carbonyl (C=O) groups is 1. The molecule has 1 fully saturated rings. The number of halogens is 1. The highest BCUT2D eigenvalue weighted by Crippen LogP contribution is 2.38. The van der Waals surface area contributed by atoms with E-state index in [1.54, 1.807) is 12.1 Å². The number of ether oxygens (including phenoxy) is 1. The van der Waals surface area contributed by atoms with E-state index in [1.807, 2.05) is 4.57 Å². The van der Waals surface area contributed by atoms with Crippen LogP contribution in [0.25, 0.3) is 10.9 Å². The van der Waals surface area contributed by atoms with Gasteiger partial charge in [-0.15, -0.1) is 0 Å². The van der Waals surface area contributed by atoms with Crippen LogP contribution in [0.1, 0.15) is 35.7 Å². The molecule has 26 heavy (non-hydrogen) atoms. The maximum atomic E-state index is 12.6. The van der Waals surface area contributed by atoms with Gasteiger partial charge < -0.3 is 25.5 Å². The molecule has 0 radical (unpaired) electrons. The molecule has 140 valence electrons. The number of carboxylic acid groups (broad SMARTS) is 1. The Balaban J connectivity index is 1.89. The Bertz CT molecular complexity index is 877. The summed E-state index contributed by atoms with van der Waals surface area (Å²) in [7, 11) is 0. The Morgan fingerprint density at radius 1 is 1.38 bits per heavy atom. The Kier molecular flexibility index (Phi) is 5.80. The minimum atomic E-state index is -1.22. The van der Waals surface area contributed by atoms with Crippen LogP contribution in [-0.2, 0) is 4.74 Å². The number of pyridine rings is 1. The number of aromatic carboxylic acids is 1. The van der Waals surface area contributed by atoms with Crippen LogP contribution < -0.4 is 16.5 Å². The van der Waals surface area contributed by atoms with Gasteiger partial charge in [-0.2, -0.15) is 0 Å². The number of benzene rings is 1. The topological polar surface area (TPSA) is 107 Å². The van der Waals surface area contributed by atoms with Crippen molar-refractivity contribution in [2.75, 3.05) is 31.6 Å². The van der Waals surface area contributed by atoms with Crippen molar-refractivity contribution in [2.24, 2.45) is 5.73 Å². The van der Waals surface area contributed by atoms with Crippen molar-refractivity contribution in [3.8, 4) is 0 Å². The smallest absolute Gasteiger partial charge is 0.341 e. The molecule has 0 bridgehead atoms. The van der Waals surface area contributed by atoms with E-state index in [-0.39, 0.29) is 11.6 Å². The molecule has 7 nitrogen and oxygen atoms in total. The van der Waals surface area contributed by atoms with Crippen molar-refractivity contribution in [1.82, 2.24) is 4.57 Å². The predicted molar refractivity (Wildman–Crippen MR) is 101 cm³/mol. The number of hydrogen-bond donors (Lipinski definition) is 3. The van der Waals surface area contributed by atoms with E-state index < -0.39 is 11.4 Å². The lowest BCUT2D eigenvalue weighted by molar-refractivity contribution is 0.0695. The average Bonchev–Trinajstić information content (AvgIpc) is 3.43. The van der Waals surface area contributed by atoms with Crippen LogP contribution in [0.3, 0.4) is 0 Å². The maximum absolute atomic E-state index is 12.6. The SMILES string of the molecule is NCCCOCCNc1cc2c(=O)c(C(=O)O)cn(C3CC3)c2cc1Cl. The normalized spacial score (nSPS) is 13.9. The number of aromatic nitrogens is 1. The zero-order valence-corrected chi connectivity index (χ0v) is 15.1. The van der Waals surface area contributed by atoms with E-state index >= 15 is 0 Å². The number of hydrogen-bond acceptors (Lipinski definition) is 5. The van der Waals surface area contributed by atoms with Gasteiger partial charge in [0.25, 0.3) is 0 Å². The Morgan fingerprint density at radius 3 is 2.81 bits per heavy atom. The highest BCUT2D eigenvalue weighted by atomic mass is 35.5. The molecular weight excluding hydrogens is 358 g/mol. The first-order valence-electron chi connectivity index (χ1n) is 8.66. The molecule has 0 saturated heterocycles. The summed E-state index contributed by atoms with van der Waals surface area (Å²) in [6.07, 6.45) is 4.17. The van der Waals surface area contributed by atoms with Gasteiger partial charge in [0.1, 0.15) is 5.56 Å². The lowest BCUT2D eigenvalue weighted by atomic mass is 10.1. The first-order valence-corrected chi connectivity index (χ1v) is 9.04. The van der Waals surface area contributed by atoms with Gasteiger partial charge in [0.05, 0.1) is 22.8 Å². The predicted octanol–water partition coefficient (Wildman–Crippen LogP) is 2.47. The number of fused-ring (bicyclic) bond motifs is 1. The third-order valence-electron chi connectivity index (χ3n) is 4.35. The molecule has 1 aliphatic rings. The highest BCUT2D eigenvalue weighted by Gasteiger charge is 2.27. The summed E-state index contributed by atoms with van der Waals surface area (Å²) < 4.78 is 7.28. The molecule has 0 spiro atoms. The molecule has 0 amide bonds. The molecule has 0 atom stereocenters. The number of rotatable bonds is 9. The summed E-state index contributed by atoms with van der Waals surface area (Å²) in [4.78, 5) is 24.0. The third-order valence-corrected chi connectivity index (χ3v) is 4.66. The van der Waals surface area contributed by atoms with Crippen LogP contribution in [-0.4, -0.2) is 41.9 Å². The quantitative estimate of drug-likeness (QED) is 0.578. The summed E-state index contributed by atoms with van der Waals surface area (Å²) in [5.74, 6) is -1.22. The molecule has 1 saturated carbocycles. The monoisotopic (exact) mass is 379 g/mol. The van der Waals surface area contributed by atoms with Crippen LogP contribution in [0, 0.1) is 0 Å². The van der Waals surface area contributed by atoms with Gasteiger partial charge in [-0.05, 0) is 37.9 Å². The molecule has 3 rings (SSSR count). The fraction of sp³-hybridized carbons (Fsp3) is 0.444. The minimum absolute atomic E-state index is 0.220. The second kappa shape index (κ2) is 8.07. The van der Waals surface area contributed by atoms with Crippen LogP contribution in [0.15, 0.2) is 23.1 Å². The first kappa shape index (κ1) is 18.7. The second-order valence-corrected chi connectivity index (χ2v) is 6.75. The molecule has 0 unspecified atom stereocenters. The van der Waals surface area contributed by atoms with Gasteiger partial charge in [0, 0.05) is 30.8 Å². The van der Waals surface area contributed by atoms with Crippen molar-refractivity contribution in [2.45, 2.75) is 25.3 Å². The molecular formula is C18H22ClN3O4. The maximum Gasteiger partial charge on any atom is 0.341 e. The number of nitrogens with zero attached hydrogens (tertiary/aromatic N) is 1. The Labute approximate surface area is 155 Å². The highest BCUT2D eigenvalue weighted by molar-refractivity contribution is 6.34. The molecule has 2 aromatic rings. The second-order valence-electron chi connectivity index (χ2n) is 6.35. The van der Waals surface area contributed by atoms with Crippen LogP contribution in [0.5, 0.6) is 0 Å². The van der Waals surface area contributed by atoms with Crippen molar-refractivity contribution < 1.29 is 14.6 Å². The van der Waals surface area contributed by atoms with E-state index in [2.05, 4.69) is 5.32 Å². The summed E-state index contributed by atoms with van der Waals surface area (Å²) >= 11 is 6.37.